The Kier molecular flexibility index (Phi) is 5.03. The zero-order chi connectivity index (χ0) is 18.6. The first-order valence-electron chi connectivity index (χ1n) is 8.49. The number of rotatable bonds is 3. The second-order valence-electron chi connectivity index (χ2n) is 5.91. The standard InChI is InChI=1S/C20H18N4O2S/c1-21-20-18(16-11-13(12-27-16)5-3-9-25)23-17(15-7-4-10-26-15)14-6-2-8-22-19(14)24-20/h2,4,6-8,10-12,18,20-21,25H,9H2,1H3,(H,22,24). The normalized spacial score (nSPS) is 18.5. The van der Waals surface area contributed by atoms with Gasteiger partial charge in [0.05, 0.1) is 6.26 Å². The van der Waals surface area contributed by atoms with E-state index >= 15 is 0 Å². The third-order valence-corrected chi connectivity index (χ3v) is 5.23. The highest BCUT2D eigenvalue weighted by Gasteiger charge is 2.30. The minimum atomic E-state index is -0.195. The molecular formula is C20H18N4O2S. The highest BCUT2D eigenvalue weighted by atomic mass is 32.1. The van der Waals surface area contributed by atoms with Crippen molar-refractivity contribution in [2.45, 2.75) is 12.2 Å². The monoisotopic (exact) mass is 378 g/mol. The second kappa shape index (κ2) is 7.76. The molecule has 0 amide bonds. The number of aliphatic hydroxyl groups excluding tert-OH is 1. The highest BCUT2D eigenvalue weighted by molar-refractivity contribution is 7.10. The maximum Gasteiger partial charge on any atom is 0.152 e. The molecule has 0 aliphatic carbocycles. The summed E-state index contributed by atoms with van der Waals surface area (Å²) in [6.45, 7) is -0.156. The molecule has 2 unspecified atom stereocenters. The van der Waals surface area contributed by atoms with E-state index < -0.39 is 0 Å². The summed E-state index contributed by atoms with van der Waals surface area (Å²) in [4.78, 5) is 10.6. The molecule has 0 aromatic carbocycles. The maximum absolute atomic E-state index is 8.91. The minimum Gasteiger partial charge on any atom is -0.463 e. The number of thiophene rings is 1. The van der Waals surface area contributed by atoms with Crippen molar-refractivity contribution in [2.24, 2.45) is 4.99 Å². The number of anilines is 1. The van der Waals surface area contributed by atoms with E-state index in [0.29, 0.717) is 5.76 Å². The molecule has 1 aliphatic rings. The number of pyridine rings is 1. The van der Waals surface area contributed by atoms with Gasteiger partial charge in [-0.1, -0.05) is 11.8 Å². The minimum absolute atomic E-state index is 0.150. The van der Waals surface area contributed by atoms with Gasteiger partial charge in [0.25, 0.3) is 0 Å². The van der Waals surface area contributed by atoms with Crippen molar-refractivity contribution in [1.29, 1.82) is 0 Å². The van der Waals surface area contributed by atoms with Gasteiger partial charge in [0.1, 0.15) is 30.3 Å². The number of aliphatic hydroxyl groups is 1. The Morgan fingerprint density at radius 2 is 2.30 bits per heavy atom. The summed E-state index contributed by atoms with van der Waals surface area (Å²) in [5, 5.41) is 17.6. The number of hydrogen-bond acceptors (Lipinski definition) is 7. The summed E-state index contributed by atoms with van der Waals surface area (Å²) in [6.07, 6.45) is 3.25. The average Bonchev–Trinajstić information content (AvgIpc) is 3.36. The SMILES string of the molecule is CNC1Nc2ncccc2C(c2ccco2)=NC1c1cc(C#CCO)cs1. The lowest BCUT2D eigenvalue weighted by Crippen LogP contribution is -2.38. The van der Waals surface area contributed by atoms with Gasteiger partial charge in [-0.25, -0.2) is 4.98 Å². The molecule has 7 heteroatoms. The Balaban J connectivity index is 1.83. The molecule has 1 aliphatic heterocycles. The summed E-state index contributed by atoms with van der Waals surface area (Å²) in [7, 11) is 1.89. The van der Waals surface area contributed by atoms with Gasteiger partial charge in [-0.15, -0.1) is 11.3 Å². The van der Waals surface area contributed by atoms with Crippen molar-refractivity contribution < 1.29 is 9.52 Å². The summed E-state index contributed by atoms with van der Waals surface area (Å²) >= 11 is 1.59. The molecule has 0 bridgehead atoms. The van der Waals surface area contributed by atoms with E-state index in [1.54, 1.807) is 23.8 Å². The van der Waals surface area contributed by atoms with Crippen LogP contribution in [0.2, 0.25) is 0 Å². The van der Waals surface area contributed by atoms with Gasteiger partial charge in [0.15, 0.2) is 5.76 Å². The molecule has 0 spiro atoms. The number of fused-ring (bicyclic) bond motifs is 1. The maximum atomic E-state index is 8.91. The van der Waals surface area contributed by atoms with Crippen molar-refractivity contribution in [3.05, 3.63) is 69.9 Å². The quantitative estimate of drug-likeness (QED) is 0.611. The van der Waals surface area contributed by atoms with Gasteiger partial charge in [-0.3, -0.25) is 10.3 Å². The topological polar surface area (TPSA) is 82.7 Å². The summed E-state index contributed by atoms with van der Waals surface area (Å²) in [5.41, 5.74) is 2.52. The van der Waals surface area contributed by atoms with E-state index in [4.69, 9.17) is 14.5 Å². The van der Waals surface area contributed by atoms with E-state index in [1.165, 1.54) is 0 Å². The fraction of sp³-hybridized carbons (Fsp3) is 0.200. The molecule has 3 aromatic heterocycles. The van der Waals surface area contributed by atoms with Crippen LogP contribution >= 0.6 is 11.3 Å². The Bertz CT molecular complexity index is 1010. The van der Waals surface area contributed by atoms with Gasteiger partial charge < -0.3 is 14.8 Å². The Morgan fingerprint density at radius 1 is 1.37 bits per heavy atom. The van der Waals surface area contributed by atoms with Crippen LogP contribution in [0.25, 0.3) is 0 Å². The molecular weight excluding hydrogens is 360 g/mol. The molecule has 4 rings (SSSR count). The molecule has 0 radical (unpaired) electrons. The van der Waals surface area contributed by atoms with Crippen LogP contribution < -0.4 is 10.6 Å². The lowest BCUT2D eigenvalue weighted by atomic mass is 10.1. The second-order valence-corrected chi connectivity index (χ2v) is 6.85. The lowest BCUT2D eigenvalue weighted by molar-refractivity contribution is 0.350. The molecule has 2 atom stereocenters. The summed E-state index contributed by atoms with van der Waals surface area (Å²) in [6, 6.07) is 9.44. The molecule has 0 saturated heterocycles. The van der Waals surface area contributed by atoms with E-state index in [1.807, 2.05) is 42.8 Å². The Morgan fingerprint density at radius 3 is 3.07 bits per heavy atom. The van der Waals surface area contributed by atoms with E-state index in [0.717, 1.165) is 27.5 Å². The van der Waals surface area contributed by atoms with Gasteiger partial charge in [0, 0.05) is 27.6 Å². The van der Waals surface area contributed by atoms with E-state index in [9.17, 15) is 0 Å². The fourth-order valence-corrected chi connectivity index (χ4v) is 3.92. The van der Waals surface area contributed by atoms with Crippen LogP contribution in [0, 0.1) is 11.8 Å². The zero-order valence-electron chi connectivity index (χ0n) is 14.6. The van der Waals surface area contributed by atoms with Crippen LogP contribution in [0.3, 0.4) is 0 Å². The predicted molar refractivity (Wildman–Crippen MR) is 106 cm³/mol. The first kappa shape index (κ1) is 17.5. The number of furan rings is 1. The van der Waals surface area contributed by atoms with Crippen molar-refractivity contribution in [3.8, 4) is 11.8 Å². The Hall–Kier alpha value is -2.92. The molecule has 136 valence electrons. The highest BCUT2D eigenvalue weighted by Crippen LogP contribution is 2.33. The first-order chi connectivity index (χ1) is 13.3. The first-order valence-corrected chi connectivity index (χ1v) is 9.37. The number of nitrogens with one attached hydrogen (secondary N) is 2. The van der Waals surface area contributed by atoms with Crippen molar-refractivity contribution >= 4 is 22.9 Å². The third kappa shape index (κ3) is 3.51. The third-order valence-electron chi connectivity index (χ3n) is 4.23. The number of nitrogens with zero attached hydrogens (tertiary/aromatic N) is 2. The van der Waals surface area contributed by atoms with Gasteiger partial charge in [-0.2, -0.15) is 0 Å². The van der Waals surface area contributed by atoms with Crippen molar-refractivity contribution in [3.63, 3.8) is 0 Å². The molecule has 6 nitrogen and oxygen atoms in total. The van der Waals surface area contributed by atoms with Crippen LogP contribution in [0.4, 0.5) is 5.82 Å². The molecule has 0 saturated carbocycles. The predicted octanol–water partition coefficient (Wildman–Crippen LogP) is 2.63. The van der Waals surface area contributed by atoms with Crippen LogP contribution in [0.15, 0.2) is 57.6 Å². The van der Waals surface area contributed by atoms with Crippen LogP contribution in [0.5, 0.6) is 0 Å². The average molecular weight is 378 g/mol. The van der Waals surface area contributed by atoms with E-state index in [2.05, 4.69) is 27.5 Å². The number of hydrogen-bond donors (Lipinski definition) is 3. The van der Waals surface area contributed by atoms with Gasteiger partial charge in [0.2, 0.25) is 0 Å². The molecule has 4 heterocycles. The van der Waals surface area contributed by atoms with Gasteiger partial charge in [-0.05, 0) is 37.4 Å². The fourth-order valence-electron chi connectivity index (χ4n) is 3.00. The van der Waals surface area contributed by atoms with Crippen LogP contribution in [-0.4, -0.2) is 35.6 Å². The molecule has 0 fully saturated rings. The smallest absolute Gasteiger partial charge is 0.152 e. The largest absolute Gasteiger partial charge is 0.463 e. The van der Waals surface area contributed by atoms with Crippen LogP contribution in [-0.2, 0) is 0 Å². The molecule has 3 aromatic rings. The summed E-state index contributed by atoms with van der Waals surface area (Å²) in [5.74, 6) is 7.09. The molecule has 3 N–H and O–H groups in total. The number of aliphatic imine (C=N–C) groups is 1. The number of likely N-dealkylation sites (N-methyl/N-ethyl adjacent to an activating group) is 1. The summed E-state index contributed by atoms with van der Waals surface area (Å²) < 4.78 is 5.64. The van der Waals surface area contributed by atoms with E-state index in [-0.39, 0.29) is 18.8 Å². The van der Waals surface area contributed by atoms with Crippen molar-refractivity contribution in [2.75, 3.05) is 19.0 Å². The lowest BCUT2D eigenvalue weighted by Gasteiger charge is -2.22. The zero-order valence-corrected chi connectivity index (χ0v) is 15.5. The molecule has 27 heavy (non-hydrogen) atoms. The van der Waals surface area contributed by atoms with Crippen molar-refractivity contribution in [1.82, 2.24) is 10.3 Å². The number of aromatic nitrogens is 1. The Labute approximate surface area is 161 Å². The van der Waals surface area contributed by atoms with Gasteiger partial charge >= 0.3 is 0 Å². The van der Waals surface area contributed by atoms with Crippen LogP contribution in [0.1, 0.15) is 27.8 Å².